The molecule has 2 heterocycles. The lowest BCUT2D eigenvalue weighted by Gasteiger charge is -2.29. The van der Waals surface area contributed by atoms with Gasteiger partial charge in [-0.05, 0) is 31.4 Å². The van der Waals surface area contributed by atoms with E-state index in [0.29, 0.717) is 18.5 Å². The Morgan fingerprint density at radius 1 is 1.25 bits per heavy atom. The van der Waals surface area contributed by atoms with Crippen molar-refractivity contribution in [2.24, 2.45) is 0 Å². The fraction of sp³-hybridized carbons (Fsp3) is 0.471. The van der Waals surface area contributed by atoms with E-state index in [9.17, 15) is 14.4 Å². The second kappa shape index (κ2) is 7.34. The van der Waals surface area contributed by atoms with Crippen LogP contribution in [-0.2, 0) is 16.1 Å². The van der Waals surface area contributed by atoms with Crippen molar-refractivity contribution in [2.45, 2.75) is 38.3 Å². The number of nitrogens with one attached hydrogen (secondary N) is 2. The van der Waals surface area contributed by atoms with E-state index in [1.165, 1.54) is 0 Å². The number of carbonyl (C=O) groups excluding carboxylic acids is 3. The monoisotopic (exact) mass is 393 g/mol. The molecule has 0 aromatic heterocycles. The molecule has 2 N–H and O–H groups in total. The number of hydrogen-bond acceptors (Lipinski definition) is 4. The smallest absolute Gasteiger partial charge is 0.255 e. The Balaban J connectivity index is 1.75. The molecule has 1 unspecified atom stereocenters. The predicted octanol–water partition coefficient (Wildman–Crippen LogP) is 2.03. The van der Waals surface area contributed by atoms with Crippen LogP contribution in [0, 0.1) is 0 Å². The Hall–Kier alpha value is -1.89. The Labute approximate surface area is 149 Å². The van der Waals surface area contributed by atoms with Gasteiger partial charge in [0, 0.05) is 41.7 Å². The van der Waals surface area contributed by atoms with Crippen LogP contribution in [0.5, 0.6) is 0 Å². The highest BCUT2D eigenvalue weighted by Crippen LogP contribution is 2.32. The highest BCUT2D eigenvalue weighted by atomic mass is 79.9. The number of hydrogen-bond donors (Lipinski definition) is 2. The molecule has 3 rings (SSSR count). The number of fused-ring (bicyclic) bond motifs is 1. The number of benzene rings is 1. The molecule has 0 saturated carbocycles. The molecule has 1 atom stereocenters. The van der Waals surface area contributed by atoms with Crippen molar-refractivity contribution in [1.29, 1.82) is 0 Å². The summed E-state index contributed by atoms with van der Waals surface area (Å²) in [6.45, 7) is 1.25. The van der Waals surface area contributed by atoms with Crippen molar-refractivity contribution < 1.29 is 14.4 Å². The van der Waals surface area contributed by atoms with Gasteiger partial charge in [-0.3, -0.25) is 19.7 Å². The maximum atomic E-state index is 12.7. The van der Waals surface area contributed by atoms with E-state index in [1.807, 2.05) is 12.1 Å². The third-order valence-corrected chi connectivity index (χ3v) is 5.02. The van der Waals surface area contributed by atoms with Crippen LogP contribution in [0.1, 0.15) is 41.6 Å². The molecule has 2 aliphatic heterocycles. The number of rotatable bonds is 6. The van der Waals surface area contributed by atoms with E-state index in [4.69, 9.17) is 0 Å². The molecule has 6 nitrogen and oxygen atoms in total. The van der Waals surface area contributed by atoms with E-state index in [0.717, 1.165) is 36.0 Å². The van der Waals surface area contributed by atoms with Gasteiger partial charge in [-0.15, -0.1) is 0 Å². The molecule has 0 bridgehead atoms. The molecule has 0 spiro atoms. The van der Waals surface area contributed by atoms with Crippen LogP contribution in [0.15, 0.2) is 18.2 Å². The lowest BCUT2D eigenvalue weighted by atomic mass is 10.0. The van der Waals surface area contributed by atoms with Crippen molar-refractivity contribution in [1.82, 2.24) is 10.2 Å². The zero-order valence-electron chi connectivity index (χ0n) is 13.3. The van der Waals surface area contributed by atoms with E-state index in [-0.39, 0.29) is 24.1 Å². The summed E-state index contributed by atoms with van der Waals surface area (Å²) in [6, 6.07) is 5.06. The van der Waals surface area contributed by atoms with Gasteiger partial charge in [-0.1, -0.05) is 22.0 Å². The second-order valence-electron chi connectivity index (χ2n) is 6.05. The van der Waals surface area contributed by atoms with Crippen molar-refractivity contribution in [2.75, 3.05) is 17.2 Å². The van der Waals surface area contributed by atoms with Crippen LogP contribution in [0.25, 0.3) is 0 Å². The van der Waals surface area contributed by atoms with Crippen molar-refractivity contribution >= 4 is 39.3 Å². The number of imide groups is 1. The first-order valence-corrected chi connectivity index (χ1v) is 9.30. The Morgan fingerprint density at radius 2 is 2.08 bits per heavy atom. The second-order valence-corrected chi connectivity index (χ2v) is 6.85. The standard InChI is InChI=1S/C17H20BrN3O3/c18-8-1-2-9-19-13-5-3-4-11-12(13)10-21(17(11)24)14-6-7-15(22)20-16(14)23/h3-5,14,19H,1-2,6-10H2,(H,20,22,23). The molecule has 2 aliphatic rings. The molecule has 128 valence electrons. The van der Waals surface area contributed by atoms with Crippen LogP contribution in [0.4, 0.5) is 5.69 Å². The zero-order chi connectivity index (χ0) is 17.1. The first-order chi connectivity index (χ1) is 11.6. The Kier molecular flexibility index (Phi) is 5.18. The lowest BCUT2D eigenvalue weighted by Crippen LogP contribution is -2.52. The molecule has 1 aromatic carbocycles. The van der Waals surface area contributed by atoms with Gasteiger partial charge in [-0.25, -0.2) is 0 Å². The average molecular weight is 394 g/mol. The van der Waals surface area contributed by atoms with Crippen LogP contribution >= 0.6 is 15.9 Å². The summed E-state index contributed by atoms with van der Waals surface area (Å²) in [4.78, 5) is 37.6. The number of nitrogens with zero attached hydrogens (tertiary/aromatic N) is 1. The topological polar surface area (TPSA) is 78.5 Å². The number of halogens is 1. The first kappa shape index (κ1) is 17.0. The molecule has 1 fully saturated rings. The molecule has 24 heavy (non-hydrogen) atoms. The zero-order valence-corrected chi connectivity index (χ0v) is 14.9. The molecule has 0 aliphatic carbocycles. The van der Waals surface area contributed by atoms with E-state index in [1.54, 1.807) is 11.0 Å². The number of anilines is 1. The van der Waals surface area contributed by atoms with E-state index in [2.05, 4.69) is 26.6 Å². The number of amides is 3. The van der Waals surface area contributed by atoms with E-state index < -0.39 is 6.04 Å². The molecular weight excluding hydrogens is 374 g/mol. The van der Waals surface area contributed by atoms with Gasteiger partial charge < -0.3 is 10.2 Å². The van der Waals surface area contributed by atoms with Crippen molar-refractivity contribution in [3.8, 4) is 0 Å². The Morgan fingerprint density at radius 3 is 2.83 bits per heavy atom. The number of piperidine rings is 1. The van der Waals surface area contributed by atoms with Gasteiger partial charge >= 0.3 is 0 Å². The average Bonchev–Trinajstić information content (AvgIpc) is 2.89. The third kappa shape index (κ3) is 3.31. The maximum absolute atomic E-state index is 12.7. The van der Waals surface area contributed by atoms with Crippen LogP contribution in [0.3, 0.4) is 0 Å². The van der Waals surface area contributed by atoms with Crippen LogP contribution in [-0.4, -0.2) is 40.5 Å². The normalized spacial score (nSPS) is 20.1. The summed E-state index contributed by atoms with van der Waals surface area (Å²) >= 11 is 3.41. The van der Waals surface area contributed by atoms with Gasteiger partial charge in [0.05, 0.1) is 0 Å². The van der Waals surface area contributed by atoms with Gasteiger partial charge in [0.25, 0.3) is 5.91 Å². The molecule has 7 heteroatoms. The van der Waals surface area contributed by atoms with Gasteiger partial charge in [-0.2, -0.15) is 0 Å². The summed E-state index contributed by atoms with van der Waals surface area (Å²) in [7, 11) is 0. The molecule has 3 amide bonds. The number of alkyl halides is 1. The number of carbonyl (C=O) groups is 3. The highest BCUT2D eigenvalue weighted by Gasteiger charge is 2.39. The molecule has 1 saturated heterocycles. The summed E-state index contributed by atoms with van der Waals surface area (Å²) in [5, 5.41) is 6.69. The molecule has 0 radical (unpaired) electrons. The minimum atomic E-state index is -0.566. The minimum Gasteiger partial charge on any atom is -0.385 e. The quantitative estimate of drug-likeness (QED) is 0.440. The van der Waals surface area contributed by atoms with Crippen LogP contribution in [0.2, 0.25) is 0 Å². The fourth-order valence-corrected chi connectivity index (χ4v) is 3.59. The SMILES string of the molecule is O=C1CCC(N2Cc3c(NCCCCBr)cccc3C2=O)C(=O)N1. The minimum absolute atomic E-state index is 0.136. The predicted molar refractivity (Wildman–Crippen MR) is 94.0 cm³/mol. The lowest BCUT2D eigenvalue weighted by molar-refractivity contribution is -0.136. The molecule has 1 aromatic rings. The summed E-state index contributed by atoms with van der Waals surface area (Å²) in [6.07, 6.45) is 2.79. The summed E-state index contributed by atoms with van der Waals surface area (Å²) < 4.78 is 0. The maximum Gasteiger partial charge on any atom is 0.255 e. The van der Waals surface area contributed by atoms with Crippen LogP contribution < -0.4 is 10.6 Å². The van der Waals surface area contributed by atoms with Gasteiger partial charge in [0.15, 0.2) is 0 Å². The van der Waals surface area contributed by atoms with Gasteiger partial charge in [0.2, 0.25) is 11.8 Å². The highest BCUT2D eigenvalue weighted by molar-refractivity contribution is 9.09. The van der Waals surface area contributed by atoms with E-state index >= 15 is 0 Å². The van der Waals surface area contributed by atoms with Crippen molar-refractivity contribution in [3.63, 3.8) is 0 Å². The number of unbranched alkanes of at least 4 members (excludes halogenated alkanes) is 1. The Bertz CT molecular complexity index is 677. The van der Waals surface area contributed by atoms with Gasteiger partial charge in [0.1, 0.15) is 6.04 Å². The first-order valence-electron chi connectivity index (χ1n) is 8.18. The van der Waals surface area contributed by atoms with Crippen molar-refractivity contribution in [3.05, 3.63) is 29.3 Å². The fourth-order valence-electron chi connectivity index (χ4n) is 3.19. The summed E-state index contributed by atoms with van der Waals surface area (Å²) in [5.41, 5.74) is 2.53. The summed E-state index contributed by atoms with van der Waals surface area (Å²) in [5.74, 6) is -0.780. The molecular formula is C17H20BrN3O3. The largest absolute Gasteiger partial charge is 0.385 e. The third-order valence-electron chi connectivity index (χ3n) is 4.46.